The lowest BCUT2D eigenvalue weighted by Gasteiger charge is -2.22. The van der Waals surface area contributed by atoms with Crippen LogP contribution in [0.15, 0.2) is 12.4 Å². The fourth-order valence-corrected chi connectivity index (χ4v) is 2.59. The monoisotopic (exact) mass is 277 g/mol. The molecule has 0 spiro atoms. The highest BCUT2D eigenvalue weighted by Gasteiger charge is 2.42. The molecule has 0 aromatic carbocycles. The van der Waals surface area contributed by atoms with Crippen LogP contribution in [0.1, 0.15) is 43.5 Å². The Bertz CT molecular complexity index is 493. The second kappa shape index (κ2) is 5.98. The summed E-state index contributed by atoms with van der Waals surface area (Å²) in [6, 6.07) is 0. The SMILES string of the molecule is Cc1cnc(CNC(=O)CC2(C(=O)O)CCCC2)cn1. The fourth-order valence-electron chi connectivity index (χ4n) is 2.59. The van der Waals surface area contributed by atoms with E-state index < -0.39 is 11.4 Å². The number of hydrogen-bond acceptors (Lipinski definition) is 4. The van der Waals surface area contributed by atoms with Crippen molar-refractivity contribution in [2.75, 3.05) is 0 Å². The van der Waals surface area contributed by atoms with E-state index in [4.69, 9.17) is 0 Å². The van der Waals surface area contributed by atoms with E-state index >= 15 is 0 Å². The molecular formula is C14H19N3O3. The number of carboxylic acids is 1. The molecular weight excluding hydrogens is 258 g/mol. The molecule has 6 heteroatoms. The molecule has 1 heterocycles. The maximum atomic E-state index is 11.9. The smallest absolute Gasteiger partial charge is 0.310 e. The number of nitrogens with zero attached hydrogens (tertiary/aromatic N) is 2. The lowest BCUT2D eigenvalue weighted by atomic mass is 9.82. The molecule has 0 aliphatic heterocycles. The van der Waals surface area contributed by atoms with Crippen molar-refractivity contribution in [2.24, 2.45) is 5.41 Å². The van der Waals surface area contributed by atoms with Crippen molar-refractivity contribution in [3.8, 4) is 0 Å². The molecule has 0 bridgehead atoms. The minimum Gasteiger partial charge on any atom is -0.481 e. The van der Waals surface area contributed by atoms with Gasteiger partial charge in [-0.3, -0.25) is 19.6 Å². The van der Waals surface area contributed by atoms with Gasteiger partial charge in [-0.25, -0.2) is 0 Å². The summed E-state index contributed by atoms with van der Waals surface area (Å²) >= 11 is 0. The van der Waals surface area contributed by atoms with E-state index in [0.29, 0.717) is 18.5 Å². The molecule has 2 rings (SSSR count). The zero-order chi connectivity index (χ0) is 14.6. The van der Waals surface area contributed by atoms with Gasteiger partial charge in [0.15, 0.2) is 0 Å². The highest BCUT2D eigenvalue weighted by atomic mass is 16.4. The lowest BCUT2D eigenvalue weighted by Crippen LogP contribution is -2.35. The van der Waals surface area contributed by atoms with Crippen molar-refractivity contribution < 1.29 is 14.7 Å². The standard InChI is InChI=1S/C14H19N3O3/c1-10-7-16-11(8-15-10)9-17-12(18)6-14(13(19)20)4-2-3-5-14/h7-8H,2-6,9H2,1H3,(H,17,18)(H,19,20). The van der Waals surface area contributed by atoms with Crippen LogP contribution in [0.25, 0.3) is 0 Å². The number of aliphatic carboxylic acids is 1. The number of carbonyl (C=O) groups is 2. The minimum atomic E-state index is -0.872. The number of hydrogen-bond donors (Lipinski definition) is 2. The summed E-state index contributed by atoms with van der Waals surface area (Å²) in [4.78, 5) is 31.5. The fraction of sp³-hybridized carbons (Fsp3) is 0.571. The molecule has 0 unspecified atom stereocenters. The van der Waals surface area contributed by atoms with Gasteiger partial charge >= 0.3 is 5.97 Å². The van der Waals surface area contributed by atoms with Gasteiger partial charge < -0.3 is 10.4 Å². The van der Waals surface area contributed by atoms with Gasteiger partial charge in [0.25, 0.3) is 0 Å². The van der Waals surface area contributed by atoms with Crippen molar-refractivity contribution in [3.05, 3.63) is 23.8 Å². The normalized spacial score (nSPS) is 16.9. The summed E-state index contributed by atoms with van der Waals surface area (Å²) in [6.45, 7) is 2.12. The van der Waals surface area contributed by atoms with E-state index in [0.717, 1.165) is 18.5 Å². The third-order valence-electron chi connectivity index (χ3n) is 3.81. The maximum absolute atomic E-state index is 11.9. The number of amides is 1. The molecule has 1 aliphatic rings. The quantitative estimate of drug-likeness (QED) is 0.849. The number of aryl methyl sites for hydroxylation is 1. The van der Waals surface area contributed by atoms with E-state index in [2.05, 4.69) is 15.3 Å². The molecule has 0 saturated heterocycles. The lowest BCUT2D eigenvalue weighted by molar-refractivity contribution is -0.151. The van der Waals surface area contributed by atoms with Crippen molar-refractivity contribution in [2.45, 2.75) is 45.6 Å². The zero-order valence-corrected chi connectivity index (χ0v) is 11.6. The molecule has 2 N–H and O–H groups in total. The van der Waals surface area contributed by atoms with E-state index in [1.165, 1.54) is 0 Å². The van der Waals surface area contributed by atoms with Crippen LogP contribution in [0, 0.1) is 12.3 Å². The summed E-state index contributed by atoms with van der Waals surface area (Å²) in [5, 5.41) is 12.0. The number of carboxylic acid groups (broad SMARTS) is 1. The van der Waals surface area contributed by atoms with Gasteiger partial charge in [0, 0.05) is 12.6 Å². The molecule has 1 aromatic heterocycles. The van der Waals surface area contributed by atoms with Crippen LogP contribution < -0.4 is 5.32 Å². The number of rotatable bonds is 5. The van der Waals surface area contributed by atoms with E-state index in [1.54, 1.807) is 12.4 Å². The molecule has 0 radical (unpaired) electrons. The van der Waals surface area contributed by atoms with E-state index in [-0.39, 0.29) is 18.9 Å². The Morgan fingerprint density at radius 1 is 1.30 bits per heavy atom. The first-order valence-corrected chi connectivity index (χ1v) is 6.79. The third kappa shape index (κ3) is 3.31. The molecule has 6 nitrogen and oxygen atoms in total. The van der Waals surface area contributed by atoms with Crippen LogP contribution in [-0.2, 0) is 16.1 Å². The van der Waals surface area contributed by atoms with Gasteiger partial charge in [-0.15, -0.1) is 0 Å². The van der Waals surface area contributed by atoms with Crippen LogP contribution >= 0.6 is 0 Å². The first kappa shape index (κ1) is 14.4. The first-order chi connectivity index (χ1) is 9.52. The van der Waals surface area contributed by atoms with Gasteiger partial charge in [-0.1, -0.05) is 12.8 Å². The van der Waals surface area contributed by atoms with Crippen molar-refractivity contribution >= 4 is 11.9 Å². The number of carbonyl (C=O) groups excluding carboxylic acids is 1. The third-order valence-corrected chi connectivity index (χ3v) is 3.81. The Balaban J connectivity index is 1.89. The van der Waals surface area contributed by atoms with Crippen LogP contribution in [0.2, 0.25) is 0 Å². The molecule has 0 atom stereocenters. The van der Waals surface area contributed by atoms with Gasteiger partial charge in [-0.05, 0) is 19.8 Å². The van der Waals surface area contributed by atoms with Crippen LogP contribution in [0.4, 0.5) is 0 Å². The molecule has 1 aromatic rings. The summed E-state index contributed by atoms with van der Waals surface area (Å²) < 4.78 is 0. The highest BCUT2D eigenvalue weighted by molar-refractivity contribution is 5.85. The van der Waals surface area contributed by atoms with E-state index in [1.807, 2.05) is 6.92 Å². The van der Waals surface area contributed by atoms with Crippen LogP contribution in [0.5, 0.6) is 0 Å². The second-order valence-electron chi connectivity index (χ2n) is 5.40. The average molecular weight is 277 g/mol. The molecule has 20 heavy (non-hydrogen) atoms. The maximum Gasteiger partial charge on any atom is 0.310 e. The summed E-state index contributed by atoms with van der Waals surface area (Å²) in [5.74, 6) is -1.10. The molecule has 108 valence electrons. The van der Waals surface area contributed by atoms with Gasteiger partial charge in [-0.2, -0.15) is 0 Å². The topological polar surface area (TPSA) is 92.2 Å². The first-order valence-electron chi connectivity index (χ1n) is 6.79. The van der Waals surface area contributed by atoms with Crippen molar-refractivity contribution in [1.82, 2.24) is 15.3 Å². The minimum absolute atomic E-state index is 0.0433. The number of aromatic nitrogens is 2. The number of nitrogens with one attached hydrogen (secondary N) is 1. The molecule has 1 aliphatic carbocycles. The van der Waals surface area contributed by atoms with Crippen molar-refractivity contribution in [1.29, 1.82) is 0 Å². The Labute approximate surface area is 117 Å². The molecule has 1 saturated carbocycles. The predicted octanol–water partition coefficient (Wildman–Crippen LogP) is 1.44. The Morgan fingerprint density at radius 3 is 2.55 bits per heavy atom. The highest BCUT2D eigenvalue weighted by Crippen LogP contribution is 2.41. The average Bonchev–Trinajstić information content (AvgIpc) is 2.88. The van der Waals surface area contributed by atoms with Gasteiger partial charge in [0.05, 0.1) is 29.5 Å². The van der Waals surface area contributed by atoms with E-state index in [9.17, 15) is 14.7 Å². The van der Waals surface area contributed by atoms with Gasteiger partial charge in [0.1, 0.15) is 0 Å². The summed E-state index contributed by atoms with van der Waals surface area (Å²) in [6.07, 6.45) is 6.21. The zero-order valence-electron chi connectivity index (χ0n) is 11.6. The largest absolute Gasteiger partial charge is 0.481 e. The Hall–Kier alpha value is -1.98. The molecule has 1 fully saturated rings. The predicted molar refractivity (Wildman–Crippen MR) is 71.8 cm³/mol. The Kier molecular flexibility index (Phi) is 4.32. The summed E-state index contributed by atoms with van der Waals surface area (Å²) in [5.41, 5.74) is 0.610. The second-order valence-corrected chi connectivity index (χ2v) is 5.40. The van der Waals surface area contributed by atoms with Gasteiger partial charge in [0.2, 0.25) is 5.91 Å². The van der Waals surface area contributed by atoms with Crippen molar-refractivity contribution in [3.63, 3.8) is 0 Å². The van der Waals surface area contributed by atoms with Crippen LogP contribution in [-0.4, -0.2) is 27.0 Å². The summed E-state index contributed by atoms with van der Waals surface area (Å²) in [7, 11) is 0. The Morgan fingerprint density at radius 2 is 2.00 bits per heavy atom. The van der Waals surface area contributed by atoms with Crippen LogP contribution in [0.3, 0.4) is 0 Å². The molecule has 1 amide bonds.